The highest BCUT2D eigenvalue weighted by molar-refractivity contribution is 4.84. The molecule has 1 N–H and O–H groups in total. The van der Waals surface area contributed by atoms with Gasteiger partial charge in [0.15, 0.2) is 0 Å². The first-order valence-electron chi connectivity index (χ1n) is 6.01. The summed E-state index contributed by atoms with van der Waals surface area (Å²) in [6.45, 7) is 6.60. The molecular weight excluding hydrogens is 174 g/mol. The van der Waals surface area contributed by atoms with E-state index in [0.29, 0.717) is 11.5 Å². The normalized spacial score (nSPS) is 23.6. The fourth-order valence-corrected chi connectivity index (χ4v) is 1.64. The van der Waals surface area contributed by atoms with Gasteiger partial charge in [-0.25, -0.2) is 0 Å². The zero-order valence-electron chi connectivity index (χ0n) is 9.51. The maximum atomic E-state index is 5.86. The van der Waals surface area contributed by atoms with Crippen LogP contribution in [0.15, 0.2) is 0 Å². The lowest BCUT2D eigenvalue weighted by molar-refractivity contribution is -0.0352. The molecular formula is C12H23NO. The summed E-state index contributed by atoms with van der Waals surface area (Å²) in [5, 5.41) is 3.58. The molecule has 0 aromatic heterocycles. The van der Waals surface area contributed by atoms with Gasteiger partial charge in [-0.05, 0) is 32.1 Å². The van der Waals surface area contributed by atoms with Crippen LogP contribution in [0.2, 0.25) is 0 Å². The highest BCUT2D eigenvalue weighted by Crippen LogP contribution is 2.26. The smallest absolute Gasteiger partial charge is 0.0575 e. The molecule has 2 rings (SSSR count). The van der Waals surface area contributed by atoms with E-state index in [0.717, 1.165) is 19.2 Å². The predicted octanol–water partition coefficient (Wildman–Crippen LogP) is 2.33. The Morgan fingerprint density at radius 2 is 1.93 bits per heavy atom. The summed E-state index contributed by atoms with van der Waals surface area (Å²) in [4.78, 5) is 0. The van der Waals surface area contributed by atoms with Crippen LogP contribution >= 0.6 is 0 Å². The van der Waals surface area contributed by atoms with Crippen molar-refractivity contribution in [3.05, 3.63) is 0 Å². The van der Waals surface area contributed by atoms with Gasteiger partial charge in [0, 0.05) is 18.0 Å². The first-order chi connectivity index (χ1) is 6.66. The molecule has 2 aliphatic carbocycles. The Morgan fingerprint density at radius 1 is 1.21 bits per heavy atom. The molecule has 0 unspecified atom stereocenters. The van der Waals surface area contributed by atoms with E-state index in [1.165, 1.54) is 32.1 Å². The molecule has 0 heterocycles. The molecule has 82 valence electrons. The first kappa shape index (κ1) is 10.4. The molecule has 0 aromatic rings. The summed E-state index contributed by atoms with van der Waals surface area (Å²) < 4.78 is 5.86. The second-order valence-electron chi connectivity index (χ2n) is 5.68. The fraction of sp³-hybridized carbons (Fsp3) is 1.00. The fourth-order valence-electron chi connectivity index (χ4n) is 1.64. The van der Waals surface area contributed by atoms with Gasteiger partial charge in [0.2, 0.25) is 0 Å². The van der Waals surface area contributed by atoms with Gasteiger partial charge in [-0.1, -0.05) is 13.8 Å². The van der Waals surface area contributed by atoms with Crippen LogP contribution in [-0.4, -0.2) is 25.3 Å². The molecule has 0 spiro atoms. The van der Waals surface area contributed by atoms with Gasteiger partial charge >= 0.3 is 0 Å². The van der Waals surface area contributed by atoms with Crippen LogP contribution in [-0.2, 0) is 4.74 Å². The largest absolute Gasteiger partial charge is 0.378 e. The van der Waals surface area contributed by atoms with Crippen LogP contribution in [0.25, 0.3) is 0 Å². The minimum absolute atomic E-state index is 0.304. The molecule has 0 aliphatic heterocycles. The Morgan fingerprint density at radius 3 is 2.43 bits per heavy atom. The van der Waals surface area contributed by atoms with Crippen LogP contribution in [0, 0.1) is 5.41 Å². The summed E-state index contributed by atoms with van der Waals surface area (Å²) in [6, 6.07) is 0.818. The Hall–Kier alpha value is -0.0800. The van der Waals surface area contributed by atoms with Crippen molar-refractivity contribution in [2.24, 2.45) is 5.41 Å². The van der Waals surface area contributed by atoms with Crippen LogP contribution in [0.5, 0.6) is 0 Å². The van der Waals surface area contributed by atoms with Gasteiger partial charge in [0.05, 0.1) is 12.7 Å². The molecule has 0 aromatic carbocycles. The second-order valence-corrected chi connectivity index (χ2v) is 5.68. The van der Waals surface area contributed by atoms with Crippen LogP contribution in [0.1, 0.15) is 46.0 Å². The van der Waals surface area contributed by atoms with Gasteiger partial charge in [-0.2, -0.15) is 0 Å². The van der Waals surface area contributed by atoms with Gasteiger partial charge in [-0.15, -0.1) is 0 Å². The van der Waals surface area contributed by atoms with Gasteiger partial charge in [0.25, 0.3) is 0 Å². The van der Waals surface area contributed by atoms with Crippen LogP contribution < -0.4 is 5.32 Å². The summed E-state index contributed by atoms with van der Waals surface area (Å²) in [5.41, 5.74) is 0.304. The molecule has 0 bridgehead atoms. The van der Waals surface area contributed by atoms with Gasteiger partial charge in [-0.3, -0.25) is 0 Å². The SMILES string of the molecule is CC(C)(CNC1CC1)COC1CCC1. The highest BCUT2D eigenvalue weighted by atomic mass is 16.5. The third kappa shape index (κ3) is 3.25. The number of rotatable bonds is 6. The van der Waals surface area contributed by atoms with Crippen molar-refractivity contribution in [2.75, 3.05) is 13.2 Å². The van der Waals surface area contributed by atoms with E-state index in [1.807, 2.05) is 0 Å². The van der Waals surface area contributed by atoms with Crippen molar-refractivity contribution in [3.63, 3.8) is 0 Å². The molecule has 2 heteroatoms. The van der Waals surface area contributed by atoms with E-state index in [9.17, 15) is 0 Å². The van der Waals surface area contributed by atoms with Crippen molar-refractivity contribution in [3.8, 4) is 0 Å². The molecule has 0 saturated heterocycles. The summed E-state index contributed by atoms with van der Waals surface area (Å²) in [5.74, 6) is 0. The minimum atomic E-state index is 0.304. The molecule has 2 nitrogen and oxygen atoms in total. The monoisotopic (exact) mass is 197 g/mol. The van der Waals surface area contributed by atoms with Gasteiger partial charge < -0.3 is 10.1 Å². The van der Waals surface area contributed by atoms with Gasteiger partial charge in [0.1, 0.15) is 0 Å². The molecule has 2 aliphatic rings. The number of hydrogen-bond acceptors (Lipinski definition) is 2. The number of hydrogen-bond donors (Lipinski definition) is 1. The average molecular weight is 197 g/mol. The predicted molar refractivity (Wildman–Crippen MR) is 58.4 cm³/mol. The maximum Gasteiger partial charge on any atom is 0.0575 e. The molecule has 2 fully saturated rings. The Balaban J connectivity index is 1.59. The molecule has 0 radical (unpaired) electrons. The summed E-state index contributed by atoms with van der Waals surface area (Å²) in [6.07, 6.45) is 7.26. The molecule has 0 amide bonds. The third-order valence-corrected chi connectivity index (χ3v) is 3.21. The quantitative estimate of drug-likeness (QED) is 0.705. The number of ether oxygens (including phenoxy) is 1. The van der Waals surface area contributed by atoms with E-state index in [-0.39, 0.29) is 0 Å². The molecule has 0 atom stereocenters. The zero-order valence-corrected chi connectivity index (χ0v) is 9.51. The van der Waals surface area contributed by atoms with Crippen LogP contribution in [0.3, 0.4) is 0 Å². The topological polar surface area (TPSA) is 21.3 Å². The second kappa shape index (κ2) is 4.19. The summed E-state index contributed by atoms with van der Waals surface area (Å²) in [7, 11) is 0. The first-order valence-corrected chi connectivity index (χ1v) is 6.01. The van der Waals surface area contributed by atoms with E-state index < -0.39 is 0 Å². The Bertz CT molecular complexity index is 183. The standard InChI is InChI=1S/C12H23NO/c1-12(2,8-13-10-6-7-10)9-14-11-4-3-5-11/h10-11,13H,3-9H2,1-2H3. The van der Waals surface area contributed by atoms with Crippen molar-refractivity contribution in [2.45, 2.75) is 58.1 Å². The van der Waals surface area contributed by atoms with Crippen molar-refractivity contribution in [1.82, 2.24) is 5.32 Å². The third-order valence-electron chi connectivity index (χ3n) is 3.21. The van der Waals surface area contributed by atoms with Crippen LogP contribution in [0.4, 0.5) is 0 Å². The molecule has 14 heavy (non-hydrogen) atoms. The molecule has 2 saturated carbocycles. The highest BCUT2D eigenvalue weighted by Gasteiger charge is 2.27. The average Bonchev–Trinajstić information content (AvgIpc) is 2.80. The van der Waals surface area contributed by atoms with Crippen molar-refractivity contribution in [1.29, 1.82) is 0 Å². The van der Waals surface area contributed by atoms with Crippen molar-refractivity contribution < 1.29 is 4.74 Å². The van der Waals surface area contributed by atoms with E-state index >= 15 is 0 Å². The Labute approximate surface area is 87.4 Å². The summed E-state index contributed by atoms with van der Waals surface area (Å²) >= 11 is 0. The van der Waals surface area contributed by atoms with Crippen molar-refractivity contribution >= 4 is 0 Å². The lowest BCUT2D eigenvalue weighted by Crippen LogP contribution is -2.36. The van der Waals surface area contributed by atoms with E-state index in [1.54, 1.807) is 0 Å². The minimum Gasteiger partial charge on any atom is -0.378 e. The zero-order chi connectivity index (χ0) is 10.0. The lowest BCUT2D eigenvalue weighted by Gasteiger charge is -2.31. The lowest BCUT2D eigenvalue weighted by atomic mass is 9.92. The van der Waals surface area contributed by atoms with E-state index in [2.05, 4.69) is 19.2 Å². The van der Waals surface area contributed by atoms with E-state index in [4.69, 9.17) is 4.74 Å². The number of nitrogens with one attached hydrogen (secondary N) is 1. The Kier molecular flexibility index (Phi) is 3.13. The maximum absolute atomic E-state index is 5.86.